The van der Waals surface area contributed by atoms with Gasteiger partial charge in [0.25, 0.3) is 5.91 Å². The van der Waals surface area contributed by atoms with Crippen LogP contribution in [0.4, 0.5) is 17.3 Å². The fraction of sp³-hybridized carbons (Fsp3) is 0.190. The maximum atomic E-state index is 12.7. The first-order chi connectivity index (χ1) is 12.5. The summed E-state index contributed by atoms with van der Waals surface area (Å²) in [4.78, 5) is 21.4. The molecule has 3 rings (SSSR count). The Labute approximate surface area is 153 Å². The number of benzene rings is 2. The van der Waals surface area contributed by atoms with Crippen LogP contribution in [0.15, 0.2) is 54.6 Å². The van der Waals surface area contributed by atoms with E-state index in [1.54, 1.807) is 6.07 Å². The number of aryl methyl sites for hydroxylation is 3. The van der Waals surface area contributed by atoms with Crippen LogP contribution in [0.2, 0.25) is 0 Å². The second-order valence-corrected chi connectivity index (χ2v) is 6.17. The number of hydrogen-bond donors (Lipinski definition) is 2. The number of nitrogens with one attached hydrogen (secondary N) is 2. The van der Waals surface area contributed by atoms with E-state index >= 15 is 0 Å². The van der Waals surface area contributed by atoms with Crippen molar-refractivity contribution in [2.45, 2.75) is 27.2 Å². The van der Waals surface area contributed by atoms with Crippen LogP contribution < -0.4 is 10.6 Å². The Kier molecular flexibility index (Phi) is 5.27. The van der Waals surface area contributed by atoms with Gasteiger partial charge in [-0.15, -0.1) is 0 Å². The van der Waals surface area contributed by atoms with Gasteiger partial charge in [0, 0.05) is 17.1 Å². The molecule has 0 spiro atoms. The van der Waals surface area contributed by atoms with Crippen LogP contribution in [0.25, 0.3) is 0 Å². The molecule has 0 atom stereocenters. The first-order valence-electron chi connectivity index (χ1n) is 8.64. The van der Waals surface area contributed by atoms with E-state index in [2.05, 4.69) is 27.5 Å². The highest BCUT2D eigenvalue weighted by Gasteiger charge is 2.12. The SMILES string of the molecule is CCc1ccccc1NC(=O)c1cc(C)nc(Nc2ccc(C)cc2)n1. The molecule has 1 aromatic heterocycles. The lowest BCUT2D eigenvalue weighted by atomic mass is 10.1. The fourth-order valence-corrected chi connectivity index (χ4v) is 2.64. The fourth-order valence-electron chi connectivity index (χ4n) is 2.64. The Bertz CT molecular complexity index is 920. The Morgan fingerprint density at radius 1 is 1.00 bits per heavy atom. The van der Waals surface area contributed by atoms with Crippen molar-refractivity contribution in [3.05, 3.63) is 77.1 Å². The number of amides is 1. The Morgan fingerprint density at radius 3 is 2.46 bits per heavy atom. The van der Waals surface area contributed by atoms with Gasteiger partial charge >= 0.3 is 0 Å². The molecule has 0 unspecified atom stereocenters. The van der Waals surface area contributed by atoms with Gasteiger partial charge < -0.3 is 10.6 Å². The van der Waals surface area contributed by atoms with Crippen molar-refractivity contribution in [2.24, 2.45) is 0 Å². The van der Waals surface area contributed by atoms with Crippen LogP contribution in [-0.2, 0) is 6.42 Å². The van der Waals surface area contributed by atoms with Gasteiger partial charge in [-0.25, -0.2) is 9.97 Å². The van der Waals surface area contributed by atoms with E-state index in [1.165, 1.54) is 5.56 Å². The number of para-hydroxylation sites is 1. The molecule has 5 nitrogen and oxygen atoms in total. The van der Waals surface area contributed by atoms with E-state index in [9.17, 15) is 4.79 Å². The first kappa shape index (κ1) is 17.6. The molecule has 0 aliphatic heterocycles. The number of nitrogens with zero attached hydrogens (tertiary/aromatic N) is 2. The summed E-state index contributed by atoms with van der Waals surface area (Å²) in [5, 5.41) is 6.10. The van der Waals surface area contributed by atoms with Crippen molar-refractivity contribution in [3.8, 4) is 0 Å². The Balaban J connectivity index is 1.82. The second kappa shape index (κ2) is 7.78. The molecule has 26 heavy (non-hydrogen) atoms. The predicted molar refractivity (Wildman–Crippen MR) is 105 cm³/mol. The largest absolute Gasteiger partial charge is 0.324 e. The predicted octanol–water partition coefficient (Wildman–Crippen LogP) is 4.65. The molecule has 0 aliphatic carbocycles. The number of anilines is 3. The third-order valence-electron chi connectivity index (χ3n) is 4.04. The average Bonchev–Trinajstić information content (AvgIpc) is 2.63. The zero-order valence-corrected chi connectivity index (χ0v) is 15.2. The van der Waals surface area contributed by atoms with Gasteiger partial charge in [-0.05, 0) is 50.1 Å². The normalized spacial score (nSPS) is 10.4. The van der Waals surface area contributed by atoms with E-state index in [1.807, 2.05) is 62.4 Å². The van der Waals surface area contributed by atoms with Crippen molar-refractivity contribution < 1.29 is 4.79 Å². The molecule has 2 aromatic carbocycles. The first-order valence-corrected chi connectivity index (χ1v) is 8.64. The lowest BCUT2D eigenvalue weighted by Gasteiger charge is -2.11. The number of hydrogen-bond acceptors (Lipinski definition) is 4. The summed E-state index contributed by atoms with van der Waals surface area (Å²) in [5.74, 6) is 0.158. The van der Waals surface area contributed by atoms with E-state index < -0.39 is 0 Å². The summed E-state index contributed by atoms with van der Waals surface area (Å²) >= 11 is 0. The van der Waals surface area contributed by atoms with Crippen LogP contribution in [0.3, 0.4) is 0 Å². The van der Waals surface area contributed by atoms with Crippen molar-refractivity contribution in [1.82, 2.24) is 9.97 Å². The van der Waals surface area contributed by atoms with E-state index in [4.69, 9.17) is 0 Å². The van der Waals surface area contributed by atoms with Crippen LogP contribution in [0.1, 0.15) is 34.2 Å². The van der Waals surface area contributed by atoms with Crippen molar-refractivity contribution in [3.63, 3.8) is 0 Å². The molecule has 1 heterocycles. The molecule has 5 heteroatoms. The van der Waals surface area contributed by atoms with Crippen LogP contribution in [-0.4, -0.2) is 15.9 Å². The van der Waals surface area contributed by atoms with Crippen LogP contribution in [0.5, 0.6) is 0 Å². The van der Waals surface area contributed by atoms with E-state index in [-0.39, 0.29) is 5.91 Å². The molecule has 0 saturated carbocycles. The van der Waals surface area contributed by atoms with Gasteiger partial charge in [-0.3, -0.25) is 4.79 Å². The van der Waals surface area contributed by atoms with Crippen LogP contribution in [0, 0.1) is 13.8 Å². The maximum absolute atomic E-state index is 12.7. The number of rotatable bonds is 5. The molecule has 2 N–H and O–H groups in total. The summed E-state index contributed by atoms with van der Waals surface area (Å²) in [5.41, 5.74) is 5.01. The topological polar surface area (TPSA) is 66.9 Å². The van der Waals surface area contributed by atoms with E-state index in [0.29, 0.717) is 11.6 Å². The minimum Gasteiger partial charge on any atom is -0.324 e. The molecule has 3 aromatic rings. The average molecular weight is 346 g/mol. The minimum absolute atomic E-state index is 0.247. The molecule has 0 saturated heterocycles. The lowest BCUT2D eigenvalue weighted by molar-refractivity contribution is 0.102. The third kappa shape index (κ3) is 4.25. The molecule has 0 radical (unpaired) electrons. The second-order valence-electron chi connectivity index (χ2n) is 6.17. The molecular weight excluding hydrogens is 324 g/mol. The van der Waals surface area contributed by atoms with Crippen molar-refractivity contribution >= 4 is 23.2 Å². The highest BCUT2D eigenvalue weighted by Crippen LogP contribution is 2.18. The van der Waals surface area contributed by atoms with Crippen molar-refractivity contribution in [1.29, 1.82) is 0 Å². The number of carbonyl (C=O) groups excluding carboxylic acids is 1. The summed E-state index contributed by atoms with van der Waals surface area (Å²) in [6.45, 7) is 5.94. The summed E-state index contributed by atoms with van der Waals surface area (Å²) < 4.78 is 0. The van der Waals surface area contributed by atoms with Gasteiger partial charge in [-0.1, -0.05) is 42.8 Å². The quantitative estimate of drug-likeness (QED) is 0.705. The van der Waals surface area contributed by atoms with Gasteiger partial charge in [0.1, 0.15) is 5.69 Å². The van der Waals surface area contributed by atoms with Crippen LogP contribution >= 0.6 is 0 Å². The van der Waals surface area contributed by atoms with Gasteiger partial charge in [0.15, 0.2) is 0 Å². The van der Waals surface area contributed by atoms with Crippen molar-refractivity contribution in [2.75, 3.05) is 10.6 Å². The monoisotopic (exact) mass is 346 g/mol. The summed E-state index contributed by atoms with van der Waals surface area (Å²) in [7, 11) is 0. The van der Waals surface area contributed by atoms with Gasteiger partial charge in [-0.2, -0.15) is 0 Å². The molecule has 0 bridgehead atoms. The Hall–Kier alpha value is -3.21. The maximum Gasteiger partial charge on any atom is 0.274 e. The highest BCUT2D eigenvalue weighted by atomic mass is 16.1. The highest BCUT2D eigenvalue weighted by molar-refractivity contribution is 6.03. The van der Waals surface area contributed by atoms with Gasteiger partial charge in [0.05, 0.1) is 0 Å². The summed E-state index contributed by atoms with van der Waals surface area (Å²) in [6.07, 6.45) is 0.847. The standard InChI is InChI=1S/C21H22N4O/c1-4-16-7-5-6-8-18(16)24-20(26)19-13-15(3)22-21(25-19)23-17-11-9-14(2)10-12-17/h5-13H,4H2,1-3H3,(H,24,26)(H,22,23,25). The minimum atomic E-state index is -0.247. The third-order valence-corrected chi connectivity index (χ3v) is 4.04. The number of aromatic nitrogens is 2. The number of carbonyl (C=O) groups is 1. The lowest BCUT2D eigenvalue weighted by Crippen LogP contribution is -2.16. The Morgan fingerprint density at radius 2 is 1.73 bits per heavy atom. The molecular formula is C21H22N4O. The zero-order chi connectivity index (χ0) is 18.5. The zero-order valence-electron chi connectivity index (χ0n) is 15.2. The smallest absolute Gasteiger partial charge is 0.274 e. The van der Waals surface area contributed by atoms with Gasteiger partial charge in [0.2, 0.25) is 5.95 Å². The molecule has 0 fully saturated rings. The van der Waals surface area contributed by atoms with E-state index in [0.717, 1.165) is 29.1 Å². The molecule has 132 valence electrons. The summed E-state index contributed by atoms with van der Waals surface area (Å²) in [6, 6.07) is 17.4. The molecule has 0 aliphatic rings. The molecule has 1 amide bonds.